The Morgan fingerprint density at radius 1 is 1.26 bits per heavy atom. The van der Waals surface area contributed by atoms with Crippen molar-refractivity contribution in [3.63, 3.8) is 0 Å². The van der Waals surface area contributed by atoms with Crippen LogP contribution in [-0.2, 0) is 24.3 Å². The molecule has 0 aromatic carbocycles. The number of hydrogen-bond acceptors (Lipinski definition) is 8. The molecule has 2 heterocycles. The maximum Gasteiger partial charge on any atom is 0.360 e. The Morgan fingerprint density at radius 3 is 2.65 bits per heavy atom. The van der Waals surface area contributed by atoms with Gasteiger partial charge < -0.3 is 14.0 Å². The summed E-state index contributed by atoms with van der Waals surface area (Å²) in [5.74, 6) is -1.44. The van der Waals surface area contributed by atoms with Crippen LogP contribution >= 0.6 is 0 Å². The molecule has 10 heteroatoms. The normalized spacial score (nSPS) is 19.8. The number of carbonyl (C=O) groups excluding carboxylic acids is 2. The highest BCUT2D eigenvalue weighted by molar-refractivity contribution is 7.89. The molecular weight excluding hydrogens is 328 g/mol. The van der Waals surface area contributed by atoms with Crippen LogP contribution in [0.25, 0.3) is 0 Å². The number of hydrogen-bond donors (Lipinski definition) is 0. The van der Waals surface area contributed by atoms with E-state index in [0.29, 0.717) is 19.3 Å². The Bertz CT molecular complexity index is 682. The Kier molecular flexibility index (Phi) is 5.37. The summed E-state index contributed by atoms with van der Waals surface area (Å²) in [6.07, 6.45) is 1.45. The maximum absolute atomic E-state index is 12.5. The van der Waals surface area contributed by atoms with Gasteiger partial charge in [0.1, 0.15) is 0 Å². The first-order chi connectivity index (χ1) is 10.9. The molecule has 1 saturated heterocycles. The standard InChI is InChI=1S/C13H18N2O7S/c1-20-12(16)9-4-3-6-15(7-5-9)23(18,19)11-8-10(14-22-11)13(17)21-2/h8-9H,3-7H2,1-2H3. The molecular formula is C13H18N2O7S. The predicted octanol–water partition coefficient (Wildman–Crippen LogP) is 0.425. The van der Waals surface area contributed by atoms with Crippen molar-refractivity contribution < 1.29 is 32.0 Å². The average Bonchev–Trinajstić information content (AvgIpc) is 2.92. The van der Waals surface area contributed by atoms with Gasteiger partial charge in [-0.15, -0.1) is 0 Å². The van der Waals surface area contributed by atoms with Crippen molar-refractivity contribution in [1.29, 1.82) is 0 Å². The molecule has 0 aliphatic carbocycles. The third-order valence-electron chi connectivity index (χ3n) is 3.70. The van der Waals surface area contributed by atoms with Crippen molar-refractivity contribution in [2.75, 3.05) is 27.3 Å². The van der Waals surface area contributed by atoms with Crippen LogP contribution in [0.1, 0.15) is 29.8 Å². The highest BCUT2D eigenvalue weighted by Crippen LogP contribution is 2.24. The van der Waals surface area contributed by atoms with E-state index in [-0.39, 0.29) is 30.7 Å². The first kappa shape index (κ1) is 17.4. The zero-order chi connectivity index (χ0) is 17.0. The van der Waals surface area contributed by atoms with Crippen molar-refractivity contribution in [1.82, 2.24) is 9.46 Å². The quantitative estimate of drug-likeness (QED) is 0.720. The molecule has 1 aliphatic rings. The third-order valence-corrected chi connectivity index (χ3v) is 5.44. The van der Waals surface area contributed by atoms with Gasteiger partial charge in [0.05, 0.1) is 20.1 Å². The number of carbonyl (C=O) groups is 2. The molecule has 128 valence electrons. The van der Waals surface area contributed by atoms with E-state index >= 15 is 0 Å². The fourth-order valence-electron chi connectivity index (χ4n) is 2.42. The van der Waals surface area contributed by atoms with Crippen LogP contribution in [0.2, 0.25) is 0 Å². The van der Waals surface area contributed by atoms with E-state index in [9.17, 15) is 18.0 Å². The SMILES string of the molecule is COC(=O)c1cc(S(=O)(=O)N2CCCC(C(=O)OC)CC2)on1. The fourth-order valence-corrected chi connectivity index (χ4v) is 3.78. The molecule has 1 aromatic rings. The Balaban J connectivity index is 2.15. The molecule has 0 N–H and O–H groups in total. The number of methoxy groups -OCH3 is 2. The summed E-state index contributed by atoms with van der Waals surface area (Å²) in [5.41, 5.74) is -0.215. The smallest absolute Gasteiger partial charge is 0.360 e. The highest BCUT2D eigenvalue weighted by Gasteiger charge is 2.33. The van der Waals surface area contributed by atoms with Crippen molar-refractivity contribution >= 4 is 22.0 Å². The number of ether oxygens (including phenoxy) is 2. The molecule has 0 spiro atoms. The maximum atomic E-state index is 12.5. The van der Waals surface area contributed by atoms with Gasteiger partial charge in [0, 0.05) is 19.2 Å². The molecule has 2 rings (SSSR count). The van der Waals surface area contributed by atoms with Gasteiger partial charge in [-0.25, -0.2) is 13.2 Å². The van der Waals surface area contributed by atoms with Crippen LogP contribution in [0.15, 0.2) is 15.7 Å². The lowest BCUT2D eigenvalue weighted by Gasteiger charge is -2.17. The van der Waals surface area contributed by atoms with Crippen LogP contribution in [0.3, 0.4) is 0 Å². The van der Waals surface area contributed by atoms with Gasteiger partial charge in [-0.05, 0) is 19.3 Å². The average molecular weight is 346 g/mol. The van der Waals surface area contributed by atoms with E-state index in [1.807, 2.05) is 0 Å². The lowest BCUT2D eigenvalue weighted by atomic mass is 10.0. The second kappa shape index (κ2) is 7.09. The second-order valence-corrected chi connectivity index (χ2v) is 6.95. The summed E-state index contributed by atoms with van der Waals surface area (Å²) < 4.78 is 40.2. The van der Waals surface area contributed by atoms with E-state index in [1.54, 1.807) is 0 Å². The molecule has 1 atom stereocenters. The van der Waals surface area contributed by atoms with E-state index in [1.165, 1.54) is 11.4 Å². The number of nitrogens with zero attached hydrogens (tertiary/aromatic N) is 2. The largest absolute Gasteiger partial charge is 0.469 e. The minimum Gasteiger partial charge on any atom is -0.469 e. The minimum absolute atomic E-state index is 0.163. The molecule has 0 saturated carbocycles. The van der Waals surface area contributed by atoms with Crippen LogP contribution < -0.4 is 0 Å². The van der Waals surface area contributed by atoms with Gasteiger partial charge >= 0.3 is 11.9 Å². The van der Waals surface area contributed by atoms with Gasteiger partial charge in [0.25, 0.3) is 15.1 Å². The van der Waals surface area contributed by atoms with Crippen molar-refractivity contribution in [3.8, 4) is 0 Å². The summed E-state index contributed by atoms with van der Waals surface area (Å²) in [5, 5.41) is 2.98. The summed E-state index contributed by atoms with van der Waals surface area (Å²) >= 11 is 0. The Morgan fingerprint density at radius 2 is 2.00 bits per heavy atom. The molecule has 1 aliphatic heterocycles. The second-order valence-electron chi connectivity index (χ2n) is 5.08. The van der Waals surface area contributed by atoms with E-state index in [2.05, 4.69) is 9.89 Å². The van der Waals surface area contributed by atoms with Crippen molar-refractivity contribution in [2.24, 2.45) is 5.92 Å². The highest BCUT2D eigenvalue weighted by atomic mass is 32.2. The van der Waals surface area contributed by atoms with Gasteiger partial charge in [0.15, 0.2) is 5.69 Å². The number of sulfonamides is 1. The van der Waals surface area contributed by atoms with Crippen LogP contribution in [0.5, 0.6) is 0 Å². The van der Waals surface area contributed by atoms with E-state index < -0.39 is 21.1 Å². The predicted molar refractivity (Wildman–Crippen MR) is 76.0 cm³/mol. The molecule has 9 nitrogen and oxygen atoms in total. The Hall–Kier alpha value is -1.94. The lowest BCUT2D eigenvalue weighted by Crippen LogP contribution is -2.32. The molecule has 1 fully saturated rings. The summed E-state index contributed by atoms with van der Waals surface area (Å²) in [7, 11) is -1.45. The van der Waals surface area contributed by atoms with Crippen LogP contribution in [0, 0.1) is 5.92 Å². The van der Waals surface area contributed by atoms with Gasteiger partial charge in [-0.3, -0.25) is 4.79 Å². The fraction of sp³-hybridized carbons (Fsp3) is 0.615. The van der Waals surface area contributed by atoms with E-state index in [0.717, 1.165) is 13.2 Å². The zero-order valence-electron chi connectivity index (χ0n) is 12.9. The van der Waals surface area contributed by atoms with Gasteiger partial charge in [0.2, 0.25) is 0 Å². The summed E-state index contributed by atoms with van der Waals surface area (Å²) in [4.78, 5) is 22.9. The van der Waals surface area contributed by atoms with Gasteiger partial charge in [-0.2, -0.15) is 4.31 Å². The number of esters is 2. The molecule has 0 bridgehead atoms. The van der Waals surface area contributed by atoms with Crippen molar-refractivity contribution in [2.45, 2.75) is 24.4 Å². The first-order valence-electron chi connectivity index (χ1n) is 7.03. The summed E-state index contributed by atoms with van der Waals surface area (Å²) in [6, 6.07) is 1.03. The lowest BCUT2D eigenvalue weighted by molar-refractivity contribution is -0.145. The molecule has 0 radical (unpaired) electrons. The molecule has 1 unspecified atom stereocenters. The Labute approximate surface area is 133 Å². The molecule has 0 amide bonds. The third kappa shape index (κ3) is 3.70. The number of aromatic nitrogens is 1. The minimum atomic E-state index is -3.92. The zero-order valence-corrected chi connectivity index (χ0v) is 13.7. The first-order valence-corrected chi connectivity index (χ1v) is 8.47. The molecule has 1 aromatic heterocycles. The molecule has 23 heavy (non-hydrogen) atoms. The van der Waals surface area contributed by atoms with Crippen LogP contribution in [-0.4, -0.2) is 57.1 Å². The topological polar surface area (TPSA) is 116 Å². The monoisotopic (exact) mass is 346 g/mol. The van der Waals surface area contributed by atoms with Gasteiger partial charge in [-0.1, -0.05) is 5.16 Å². The van der Waals surface area contributed by atoms with Crippen molar-refractivity contribution in [3.05, 3.63) is 11.8 Å². The van der Waals surface area contributed by atoms with Crippen LogP contribution in [0.4, 0.5) is 0 Å². The van der Waals surface area contributed by atoms with E-state index in [4.69, 9.17) is 9.26 Å². The summed E-state index contributed by atoms with van der Waals surface area (Å²) in [6.45, 7) is 0.417. The number of rotatable bonds is 4.